The van der Waals surface area contributed by atoms with Crippen LogP contribution in [-0.4, -0.2) is 49.9 Å². The monoisotopic (exact) mass is 284 g/mol. The Kier molecular flexibility index (Phi) is 3.87. The minimum atomic E-state index is -3.95. The highest BCUT2D eigenvalue weighted by molar-refractivity contribution is 7.97. The van der Waals surface area contributed by atoms with E-state index in [0.717, 1.165) is 0 Å². The van der Waals surface area contributed by atoms with Gasteiger partial charge in [0, 0.05) is 0 Å². The zero-order valence-corrected chi connectivity index (χ0v) is 11.3. The van der Waals surface area contributed by atoms with Crippen LogP contribution >= 0.6 is 0 Å². The Morgan fingerprint density at radius 2 is 1.88 bits per heavy atom. The van der Waals surface area contributed by atoms with Crippen LogP contribution in [0, 0.1) is 5.92 Å². The van der Waals surface area contributed by atoms with Gasteiger partial charge in [0.05, 0.1) is 16.8 Å². The minimum absolute atomic E-state index is 0.00116. The highest BCUT2D eigenvalue weighted by Gasteiger charge is 2.45. The normalized spacial score (nSPS) is 25.9. The first kappa shape index (κ1) is 14.4. The summed E-state index contributed by atoms with van der Waals surface area (Å²) in [7, 11) is -7.28. The molecular weight excluding hydrogens is 268 g/mol. The molecule has 100 valence electrons. The van der Waals surface area contributed by atoms with Gasteiger partial charge in [-0.1, -0.05) is 13.8 Å². The maximum Gasteiger partial charge on any atom is 0.322 e. The molecule has 1 N–H and O–H groups in total. The SMILES string of the molecule is CC(C)C(C(=O)O)S(=O)(=O)C1CCS(=O)(=O)C1. The first-order valence-corrected chi connectivity index (χ1v) is 8.67. The van der Waals surface area contributed by atoms with E-state index in [1.807, 2.05) is 0 Å². The van der Waals surface area contributed by atoms with E-state index in [1.54, 1.807) is 0 Å². The molecule has 0 aromatic rings. The van der Waals surface area contributed by atoms with Crippen LogP contribution in [0.15, 0.2) is 0 Å². The predicted octanol–water partition coefficient (Wildman–Crippen LogP) is -0.302. The fraction of sp³-hybridized carbons (Fsp3) is 0.889. The molecule has 0 aliphatic carbocycles. The lowest BCUT2D eigenvalue weighted by molar-refractivity contribution is -0.137. The first-order valence-electron chi connectivity index (χ1n) is 5.24. The van der Waals surface area contributed by atoms with Gasteiger partial charge >= 0.3 is 5.97 Å². The lowest BCUT2D eigenvalue weighted by atomic mass is 10.1. The molecule has 0 aromatic heterocycles. The van der Waals surface area contributed by atoms with Gasteiger partial charge in [-0.2, -0.15) is 0 Å². The Bertz CT molecular complexity index is 502. The third-order valence-electron chi connectivity index (χ3n) is 2.86. The Morgan fingerprint density at radius 1 is 1.35 bits per heavy atom. The van der Waals surface area contributed by atoms with Crippen molar-refractivity contribution in [1.29, 1.82) is 0 Å². The average molecular weight is 284 g/mol. The summed E-state index contributed by atoms with van der Waals surface area (Å²) in [6.07, 6.45) is 0.00116. The fourth-order valence-corrected chi connectivity index (χ4v) is 7.01. The molecule has 0 radical (unpaired) electrons. The van der Waals surface area contributed by atoms with Crippen molar-refractivity contribution in [3.63, 3.8) is 0 Å². The second-order valence-electron chi connectivity index (χ2n) is 4.62. The van der Waals surface area contributed by atoms with Gasteiger partial charge in [0.2, 0.25) is 0 Å². The molecule has 0 amide bonds. The molecule has 0 spiro atoms. The van der Waals surface area contributed by atoms with Gasteiger partial charge in [-0.05, 0) is 12.3 Å². The smallest absolute Gasteiger partial charge is 0.322 e. The van der Waals surface area contributed by atoms with Gasteiger partial charge < -0.3 is 5.11 Å². The van der Waals surface area contributed by atoms with Crippen LogP contribution in [0.25, 0.3) is 0 Å². The van der Waals surface area contributed by atoms with Gasteiger partial charge in [0.1, 0.15) is 0 Å². The van der Waals surface area contributed by atoms with E-state index in [0.29, 0.717) is 0 Å². The number of carboxylic acids is 1. The number of aliphatic carboxylic acids is 1. The van der Waals surface area contributed by atoms with Gasteiger partial charge in [-0.25, -0.2) is 16.8 Å². The number of hydrogen-bond donors (Lipinski definition) is 1. The molecule has 17 heavy (non-hydrogen) atoms. The molecule has 2 atom stereocenters. The third kappa shape index (κ3) is 2.98. The minimum Gasteiger partial charge on any atom is -0.480 e. The van der Waals surface area contributed by atoms with E-state index in [2.05, 4.69) is 0 Å². The largest absolute Gasteiger partial charge is 0.480 e. The van der Waals surface area contributed by atoms with Crippen molar-refractivity contribution in [3.8, 4) is 0 Å². The second-order valence-corrected chi connectivity index (χ2v) is 9.20. The van der Waals surface area contributed by atoms with Crippen LogP contribution in [0.4, 0.5) is 0 Å². The number of sulfone groups is 2. The molecule has 0 bridgehead atoms. The molecule has 1 rings (SSSR count). The number of carbonyl (C=O) groups is 1. The van der Waals surface area contributed by atoms with Crippen LogP contribution in [0.5, 0.6) is 0 Å². The molecule has 1 heterocycles. The molecule has 1 aliphatic rings. The molecular formula is C9H16O6S2. The van der Waals surface area contributed by atoms with E-state index in [-0.39, 0.29) is 12.2 Å². The number of carboxylic acid groups (broad SMARTS) is 1. The summed E-state index contributed by atoms with van der Waals surface area (Å²) >= 11 is 0. The summed E-state index contributed by atoms with van der Waals surface area (Å²) < 4.78 is 46.6. The van der Waals surface area contributed by atoms with E-state index in [1.165, 1.54) is 13.8 Å². The Morgan fingerprint density at radius 3 is 2.18 bits per heavy atom. The van der Waals surface area contributed by atoms with E-state index >= 15 is 0 Å². The molecule has 0 saturated carbocycles. The highest BCUT2D eigenvalue weighted by atomic mass is 32.2. The highest BCUT2D eigenvalue weighted by Crippen LogP contribution is 2.25. The summed E-state index contributed by atoms with van der Waals surface area (Å²) in [5.74, 6) is -2.63. The van der Waals surface area contributed by atoms with Crippen molar-refractivity contribution in [2.45, 2.75) is 30.8 Å². The summed E-state index contributed by atoms with van der Waals surface area (Å²) in [5, 5.41) is 6.34. The topological polar surface area (TPSA) is 106 Å². The average Bonchev–Trinajstić information content (AvgIpc) is 2.43. The van der Waals surface area contributed by atoms with Crippen LogP contribution < -0.4 is 0 Å². The lowest BCUT2D eigenvalue weighted by Gasteiger charge is -2.20. The Hall–Kier alpha value is -0.630. The van der Waals surface area contributed by atoms with Crippen LogP contribution in [0.2, 0.25) is 0 Å². The van der Waals surface area contributed by atoms with Crippen molar-refractivity contribution in [2.24, 2.45) is 5.92 Å². The molecule has 2 unspecified atom stereocenters. The molecule has 8 heteroatoms. The zero-order valence-electron chi connectivity index (χ0n) is 9.66. The van der Waals surface area contributed by atoms with E-state index < -0.39 is 47.8 Å². The van der Waals surface area contributed by atoms with Gasteiger partial charge in [-0.3, -0.25) is 4.79 Å². The van der Waals surface area contributed by atoms with Gasteiger partial charge in [0.15, 0.2) is 24.9 Å². The zero-order chi connectivity index (χ0) is 13.4. The van der Waals surface area contributed by atoms with Gasteiger partial charge in [-0.15, -0.1) is 0 Å². The lowest BCUT2D eigenvalue weighted by Crippen LogP contribution is -2.41. The van der Waals surface area contributed by atoms with E-state index in [9.17, 15) is 21.6 Å². The molecule has 1 saturated heterocycles. The maximum atomic E-state index is 12.1. The first-order chi connectivity index (χ1) is 7.58. The summed E-state index contributed by atoms with van der Waals surface area (Å²) in [6.45, 7) is 3.00. The fourth-order valence-electron chi connectivity index (χ4n) is 2.03. The molecule has 0 aromatic carbocycles. The van der Waals surface area contributed by atoms with Gasteiger partial charge in [0.25, 0.3) is 0 Å². The third-order valence-corrected chi connectivity index (χ3v) is 7.62. The van der Waals surface area contributed by atoms with Crippen molar-refractivity contribution >= 4 is 25.6 Å². The molecule has 1 aliphatic heterocycles. The Labute approximate surface area is 101 Å². The number of rotatable bonds is 4. The second kappa shape index (κ2) is 4.56. The van der Waals surface area contributed by atoms with Crippen molar-refractivity contribution in [3.05, 3.63) is 0 Å². The van der Waals surface area contributed by atoms with Crippen molar-refractivity contribution < 1.29 is 26.7 Å². The maximum absolute atomic E-state index is 12.1. The van der Waals surface area contributed by atoms with Crippen LogP contribution in [-0.2, 0) is 24.5 Å². The quantitative estimate of drug-likeness (QED) is 0.759. The van der Waals surface area contributed by atoms with Crippen LogP contribution in [0.1, 0.15) is 20.3 Å². The summed E-state index contributed by atoms with van der Waals surface area (Å²) in [5.41, 5.74) is 0. The molecule has 6 nitrogen and oxygen atoms in total. The summed E-state index contributed by atoms with van der Waals surface area (Å²) in [4.78, 5) is 11.0. The predicted molar refractivity (Wildman–Crippen MR) is 62.2 cm³/mol. The van der Waals surface area contributed by atoms with Crippen LogP contribution in [0.3, 0.4) is 0 Å². The van der Waals surface area contributed by atoms with Crippen molar-refractivity contribution in [2.75, 3.05) is 11.5 Å². The standard InChI is InChI=1S/C9H16O6S2/c1-6(2)8(9(10)11)17(14,15)7-3-4-16(12,13)5-7/h6-8H,3-5H2,1-2H3,(H,10,11). The van der Waals surface area contributed by atoms with Crippen molar-refractivity contribution in [1.82, 2.24) is 0 Å². The number of hydrogen-bond acceptors (Lipinski definition) is 5. The summed E-state index contributed by atoms with van der Waals surface area (Å²) in [6, 6.07) is 0. The molecule has 1 fully saturated rings. The Balaban J connectivity index is 3.07. The van der Waals surface area contributed by atoms with E-state index in [4.69, 9.17) is 5.11 Å².